The molecule has 0 bridgehead atoms. The van der Waals surface area contributed by atoms with Gasteiger partial charge in [0.25, 0.3) is 5.91 Å². The van der Waals surface area contributed by atoms with Crippen LogP contribution in [0.4, 0.5) is 5.69 Å². The second-order valence-corrected chi connectivity index (χ2v) is 9.29. The van der Waals surface area contributed by atoms with Gasteiger partial charge >= 0.3 is 0 Å². The Bertz CT molecular complexity index is 948. The molecule has 0 heterocycles. The number of rotatable bonds is 7. The maximum atomic E-state index is 12.7. The van der Waals surface area contributed by atoms with E-state index in [0.717, 1.165) is 10.7 Å². The molecular weight excluding hydrogens is 456 g/mol. The molecule has 6 nitrogen and oxygen atoms in total. The number of carbonyl (C=O) groups is 1. The van der Waals surface area contributed by atoms with Crippen LogP contribution in [-0.2, 0) is 10.0 Å². The van der Waals surface area contributed by atoms with Gasteiger partial charge in [-0.1, -0.05) is 18.5 Å². The molecule has 1 N–H and O–H groups in total. The Hall–Kier alpha value is -1.61. The van der Waals surface area contributed by atoms with Crippen molar-refractivity contribution in [1.29, 1.82) is 0 Å². The molecule has 0 spiro atoms. The molecule has 0 aliphatic heterocycles. The molecule has 27 heavy (non-hydrogen) atoms. The quantitative estimate of drug-likeness (QED) is 0.644. The fourth-order valence-electron chi connectivity index (χ4n) is 2.17. The van der Waals surface area contributed by atoms with Crippen molar-refractivity contribution in [3.63, 3.8) is 0 Å². The number of nitrogens with zero attached hydrogens (tertiary/aromatic N) is 1. The number of benzene rings is 2. The summed E-state index contributed by atoms with van der Waals surface area (Å²) >= 11 is 9.25. The van der Waals surface area contributed by atoms with Crippen molar-refractivity contribution in [1.82, 2.24) is 4.31 Å². The summed E-state index contributed by atoms with van der Waals surface area (Å²) in [5.74, 6) is 0.0224. The number of hydrogen-bond donors (Lipinski definition) is 1. The maximum Gasteiger partial charge on any atom is 0.255 e. The molecule has 0 unspecified atom stereocenters. The van der Waals surface area contributed by atoms with Crippen LogP contribution in [-0.4, -0.2) is 39.3 Å². The Kier molecular flexibility index (Phi) is 7.27. The molecule has 0 aromatic heterocycles. The molecule has 2 rings (SSSR count). The number of ether oxygens (including phenoxy) is 1. The van der Waals surface area contributed by atoms with Crippen LogP contribution in [0, 0.1) is 0 Å². The molecule has 0 aliphatic rings. The fourth-order valence-corrected chi connectivity index (χ4v) is 4.19. The van der Waals surface area contributed by atoms with Gasteiger partial charge in [0.1, 0.15) is 5.75 Å². The lowest BCUT2D eigenvalue weighted by atomic mass is 10.2. The van der Waals surface area contributed by atoms with Gasteiger partial charge in [-0.3, -0.25) is 4.79 Å². The predicted octanol–water partition coefficient (Wildman–Crippen LogP) is 4.39. The van der Waals surface area contributed by atoms with E-state index in [2.05, 4.69) is 21.2 Å². The van der Waals surface area contributed by atoms with Gasteiger partial charge in [-0.05, 0) is 58.7 Å². The van der Waals surface area contributed by atoms with Gasteiger partial charge < -0.3 is 10.1 Å². The Morgan fingerprint density at radius 2 is 1.93 bits per heavy atom. The smallest absolute Gasteiger partial charge is 0.255 e. The van der Waals surface area contributed by atoms with Crippen molar-refractivity contribution in [2.75, 3.05) is 26.0 Å². The largest absolute Gasteiger partial charge is 0.491 e. The number of anilines is 1. The van der Waals surface area contributed by atoms with Gasteiger partial charge in [-0.15, -0.1) is 0 Å². The highest BCUT2D eigenvalue weighted by Crippen LogP contribution is 2.30. The Labute approximate surface area is 172 Å². The third-order valence-corrected chi connectivity index (χ3v) is 6.65. The first kappa shape index (κ1) is 21.7. The second-order valence-electron chi connectivity index (χ2n) is 5.88. The van der Waals surface area contributed by atoms with E-state index >= 15 is 0 Å². The molecule has 146 valence electrons. The topological polar surface area (TPSA) is 75.7 Å². The first-order chi connectivity index (χ1) is 12.7. The van der Waals surface area contributed by atoms with Crippen molar-refractivity contribution < 1.29 is 17.9 Å². The molecule has 0 radical (unpaired) electrons. The van der Waals surface area contributed by atoms with E-state index in [0.29, 0.717) is 27.5 Å². The van der Waals surface area contributed by atoms with E-state index in [-0.39, 0.29) is 10.5 Å². The highest BCUT2D eigenvalue weighted by molar-refractivity contribution is 9.10. The van der Waals surface area contributed by atoms with Gasteiger partial charge in [0.15, 0.2) is 0 Å². The lowest BCUT2D eigenvalue weighted by molar-refractivity contribution is 0.102. The summed E-state index contributed by atoms with van der Waals surface area (Å²) in [6.45, 7) is 2.47. The van der Waals surface area contributed by atoms with Crippen LogP contribution in [0.15, 0.2) is 45.8 Å². The zero-order valence-electron chi connectivity index (χ0n) is 15.1. The molecule has 0 aliphatic carbocycles. The maximum absolute atomic E-state index is 12.7. The van der Waals surface area contributed by atoms with E-state index in [9.17, 15) is 13.2 Å². The Morgan fingerprint density at radius 1 is 1.22 bits per heavy atom. The molecule has 0 atom stereocenters. The summed E-state index contributed by atoms with van der Waals surface area (Å²) in [5.41, 5.74) is 0.612. The second kappa shape index (κ2) is 9.05. The molecule has 2 aromatic carbocycles. The summed E-state index contributed by atoms with van der Waals surface area (Å²) in [5, 5.41) is 3.18. The van der Waals surface area contributed by atoms with Crippen LogP contribution in [0.2, 0.25) is 5.02 Å². The van der Waals surface area contributed by atoms with E-state index in [1.54, 1.807) is 18.2 Å². The van der Waals surface area contributed by atoms with Crippen molar-refractivity contribution in [2.24, 2.45) is 0 Å². The number of nitrogens with one attached hydrogen (secondary N) is 1. The summed E-state index contributed by atoms with van der Waals surface area (Å²) in [4.78, 5) is 12.7. The number of amides is 1. The van der Waals surface area contributed by atoms with Crippen LogP contribution in [0.1, 0.15) is 23.7 Å². The third kappa shape index (κ3) is 5.22. The Balaban J connectivity index is 2.36. The minimum atomic E-state index is -3.70. The molecular formula is C18H20BrClN2O4S. The SMILES string of the molecule is CCCOc1ccc(Cl)cc1NC(=O)c1ccc(Br)c(S(=O)(=O)N(C)C)c1. The van der Waals surface area contributed by atoms with E-state index in [1.165, 1.54) is 32.3 Å². The van der Waals surface area contributed by atoms with Crippen LogP contribution >= 0.6 is 27.5 Å². The predicted molar refractivity (Wildman–Crippen MR) is 110 cm³/mol. The monoisotopic (exact) mass is 474 g/mol. The van der Waals surface area contributed by atoms with E-state index in [1.807, 2.05) is 6.92 Å². The molecule has 0 saturated heterocycles. The summed E-state index contributed by atoms with van der Waals surface area (Å²) < 4.78 is 31.9. The van der Waals surface area contributed by atoms with Crippen LogP contribution in [0.5, 0.6) is 5.75 Å². The van der Waals surface area contributed by atoms with Gasteiger partial charge in [0.05, 0.1) is 17.2 Å². The summed E-state index contributed by atoms with van der Waals surface area (Å²) in [6.07, 6.45) is 0.814. The molecule has 0 fully saturated rings. The lowest BCUT2D eigenvalue weighted by Gasteiger charge is -2.15. The average molecular weight is 476 g/mol. The standard InChI is InChI=1S/C18H20BrClN2O4S/c1-4-9-26-16-8-6-13(20)11-15(16)21-18(23)12-5-7-14(19)17(10-12)27(24,25)22(2)3/h5-8,10-11H,4,9H2,1-3H3,(H,21,23). The van der Waals surface area contributed by atoms with Crippen LogP contribution < -0.4 is 10.1 Å². The number of sulfonamides is 1. The van der Waals surface area contributed by atoms with E-state index in [4.69, 9.17) is 16.3 Å². The third-order valence-electron chi connectivity index (χ3n) is 3.60. The number of halogens is 2. The highest BCUT2D eigenvalue weighted by atomic mass is 79.9. The van der Waals surface area contributed by atoms with Crippen LogP contribution in [0.3, 0.4) is 0 Å². The van der Waals surface area contributed by atoms with Crippen molar-refractivity contribution in [2.45, 2.75) is 18.2 Å². The zero-order chi connectivity index (χ0) is 20.2. The average Bonchev–Trinajstić information content (AvgIpc) is 2.61. The van der Waals surface area contributed by atoms with Crippen molar-refractivity contribution in [3.05, 3.63) is 51.5 Å². The molecule has 2 aromatic rings. The Morgan fingerprint density at radius 3 is 2.56 bits per heavy atom. The summed E-state index contributed by atoms with van der Waals surface area (Å²) in [7, 11) is -0.846. The van der Waals surface area contributed by atoms with Gasteiger partial charge in [-0.25, -0.2) is 12.7 Å². The minimum absolute atomic E-state index is 0.00806. The van der Waals surface area contributed by atoms with Gasteiger partial charge in [0.2, 0.25) is 10.0 Å². The number of hydrogen-bond acceptors (Lipinski definition) is 4. The fraction of sp³-hybridized carbons (Fsp3) is 0.278. The summed E-state index contributed by atoms with van der Waals surface area (Å²) in [6, 6.07) is 9.32. The minimum Gasteiger partial charge on any atom is -0.491 e. The number of carbonyl (C=O) groups excluding carboxylic acids is 1. The highest BCUT2D eigenvalue weighted by Gasteiger charge is 2.22. The first-order valence-electron chi connectivity index (χ1n) is 8.12. The van der Waals surface area contributed by atoms with E-state index < -0.39 is 15.9 Å². The molecule has 9 heteroatoms. The molecule has 0 saturated carbocycles. The lowest BCUT2D eigenvalue weighted by Crippen LogP contribution is -2.23. The van der Waals surface area contributed by atoms with Gasteiger partial charge in [0, 0.05) is 29.2 Å². The normalized spacial score (nSPS) is 11.5. The van der Waals surface area contributed by atoms with Crippen molar-refractivity contribution >= 4 is 49.1 Å². The van der Waals surface area contributed by atoms with Crippen molar-refractivity contribution in [3.8, 4) is 5.75 Å². The van der Waals surface area contributed by atoms with Crippen LogP contribution in [0.25, 0.3) is 0 Å². The first-order valence-corrected chi connectivity index (χ1v) is 10.7. The molecule has 1 amide bonds. The van der Waals surface area contributed by atoms with Gasteiger partial charge in [-0.2, -0.15) is 0 Å². The zero-order valence-corrected chi connectivity index (χ0v) is 18.3.